The molecular weight excluding hydrogens is 463 g/mol. The number of morpholine rings is 1. The van der Waals surface area contributed by atoms with Gasteiger partial charge in [-0.3, -0.25) is 24.0 Å². The zero-order valence-corrected chi connectivity index (χ0v) is 17.1. The van der Waals surface area contributed by atoms with Crippen molar-refractivity contribution in [1.29, 1.82) is 0 Å². The summed E-state index contributed by atoms with van der Waals surface area (Å²) in [5.41, 5.74) is -0.449. The van der Waals surface area contributed by atoms with E-state index in [2.05, 4.69) is 25.0 Å². The summed E-state index contributed by atoms with van der Waals surface area (Å²) >= 11 is 0. The lowest BCUT2D eigenvalue weighted by atomic mass is 10.1. The number of H-pyrrole nitrogens is 1. The fourth-order valence-electron chi connectivity index (χ4n) is 3.21. The van der Waals surface area contributed by atoms with Gasteiger partial charge < -0.3 is 15.2 Å². The first-order valence-corrected chi connectivity index (χ1v) is 9.76. The van der Waals surface area contributed by atoms with E-state index in [1.165, 1.54) is 30.3 Å². The van der Waals surface area contributed by atoms with E-state index < -0.39 is 41.6 Å². The third-order valence-electron chi connectivity index (χ3n) is 4.84. The zero-order chi connectivity index (χ0) is 24.5. The minimum absolute atomic E-state index is 0.108. The van der Waals surface area contributed by atoms with E-state index in [4.69, 9.17) is 4.74 Å². The number of nitrogens with zero attached hydrogens (tertiary/aromatic N) is 3. The molecule has 3 N–H and O–H groups in total. The Morgan fingerprint density at radius 2 is 1.94 bits per heavy atom. The van der Waals surface area contributed by atoms with Crippen molar-refractivity contribution in [3.8, 4) is 11.4 Å². The molecule has 0 saturated carbocycles. The van der Waals surface area contributed by atoms with Crippen LogP contribution < -0.4 is 16.0 Å². The summed E-state index contributed by atoms with van der Waals surface area (Å²) in [4.78, 5) is 43.1. The van der Waals surface area contributed by atoms with Crippen LogP contribution in [0.1, 0.15) is 5.69 Å². The molecule has 1 fully saturated rings. The number of benzene rings is 1. The highest BCUT2D eigenvalue weighted by Crippen LogP contribution is 2.29. The molecule has 0 radical (unpaired) electrons. The van der Waals surface area contributed by atoms with Gasteiger partial charge >= 0.3 is 11.9 Å². The summed E-state index contributed by atoms with van der Waals surface area (Å²) in [5, 5.41) is 16.3. The molecule has 178 valence electrons. The van der Waals surface area contributed by atoms with E-state index in [9.17, 15) is 32.7 Å². The van der Waals surface area contributed by atoms with Gasteiger partial charge in [0, 0.05) is 11.3 Å². The molecule has 2 atom stereocenters. The number of aliphatic hydroxyl groups is 1. The maximum atomic E-state index is 13.0. The van der Waals surface area contributed by atoms with Gasteiger partial charge in [0.05, 0.1) is 13.2 Å². The van der Waals surface area contributed by atoms with E-state index in [0.29, 0.717) is 5.56 Å². The Morgan fingerprint density at radius 1 is 1.21 bits per heavy atom. The van der Waals surface area contributed by atoms with Gasteiger partial charge in [-0.05, 0) is 36.4 Å². The van der Waals surface area contributed by atoms with Gasteiger partial charge in [-0.1, -0.05) is 11.2 Å². The number of hydrogen-bond acceptors (Lipinski definition) is 8. The molecule has 3 heterocycles. The Hall–Kier alpha value is -4.04. The molecule has 11 nitrogen and oxygen atoms in total. The standard InChI is InChI=1S/C20H16F3N5O6/c21-20(22,23)12-2-1-3-13(25-12)28-8-9-33-15(18(28)31)14(29)17(30)24-11-6-4-10(5-7-11)16-26-19(32)34-27-16/h1-7,14-15,29H,8-9H2,(H,24,30)(H,26,27,32). The number of aromatic nitrogens is 3. The van der Waals surface area contributed by atoms with Crippen molar-refractivity contribution in [2.45, 2.75) is 18.4 Å². The molecule has 14 heteroatoms. The van der Waals surface area contributed by atoms with Crippen molar-refractivity contribution < 1.29 is 37.1 Å². The number of aromatic amines is 1. The lowest BCUT2D eigenvalue weighted by Crippen LogP contribution is -2.55. The fraction of sp³-hybridized carbons (Fsp3) is 0.250. The third-order valence-corrected chi connectivity index (χ3v) is 4.84. The minimum Gasteiger partial charge on any atom is -0.380 e. The van der Waals surface area contributed by atoms with Gasteiger partial charge in [0.2, 0.25) is 0 Å². The number of anilines is 2. The number of pyridine rings is 1. The second kappa shape index (κ2) is 9.07. The number of halogens is 3. The Kier molecular flexibility index (Phi) is 6.17. The summed E-state index contributed by atoms with van der Waals surface area (Å²) in [6.07, 6.45) is -8.31. The molecule has 4 rings (SSSR count). The molecule has 1 aliphatic rings. The molecule has 0 bridgehead atoms. The quantitative estimate of drug-likeness (QED) is 0.494. The number of nitrogens with one attached hydrogen (secondary N) is 2. The van der Waals surface area contributed by atoms with Gasteiger partial charge in [0.1, 0.15) is 11.5 Å². The monoisotopic (exact) mass is 479 g/mol. The van der Waals surface area contributed by atoms with Gasteiger partial charge in [0.15, 0.2) is 18.0 Å². The summed E-state index contributed by atoms with van der Waals surface area (Å²) < 4.78 is 48.5. The second-order valence-electron chi connectivity index (χ2n) is 7.12. The van der Waals surface area contributed by atoms with Crippen molar-refractivity contribution in [2.24, 2.45) is 0 Å². The van der Waals surface area contributed by atoms with Crippen LogP contribution in [-0.2, 0) is 20.5 Å². The number of carbonyl (C=O) groups excluding carboxylic acids is 2. The maximum Gasteiger partial charge on any atom is 0.439 e. The predicted molar refractivity (Wildman–Crippen MR) is 109 cm³/mol. The molecule has 0 aliphatic carbocycles. The van der Waals surface area contributed by atoms with E-state index in [0.717, 1.165) is 17.0 Å². The fourth-order valence-corrected chi connectivity index (χ4v) is 3.21. The average Bonchev–Trinajstić information content (AvgIpc) is 3.25. The second-order valence-corrected chi connectivity index (χ2v) is 7.12. The number of ether oxygens (including phenoxy) is 1. The van der Waals surface area contributed by atoms with Crippen molar-refractivity contribution in [2.75, 3.05) is 23.4 Å². The van der Waals surface area contributed by atoms with E-state index in [1.54, 1.807) is 0 Å². The highest BCUT2D eigenvalue weighted by molar-refractivity contribution is 6.03. The Morgan fingerprint density at radius 3 is 2.59 bits per heavy atom. The normalized spacial score (nSPS) is 17.5. The number of amides is 2. The minimum atomic E-state index is -4.71. The Bertz CT molecular complexity index is 1260. The van der Waals surface area contributed by atoms with Crippen molar-refractivity contribution in [1.82, 2.24) is 15.1 Å². The maximum absolute atomic E-state index is 13.0. The average molecular weight is 479 g/mol. The Labute approximate surface area is 188 Å². The summed E-state index contributed by atoms with van der Waals surface area (Å²) in [7, 11) is 0. The van der Waals surface area contributed by atoms with Gasteiger partial charge in [-0.25, -0.2) is 9.78 Å². The molecule has 34 heavy (non-hydrogen) atoms. The summed E-state index contributed by atoms with van der Waals surface area (Å²) in [6.45, 7) is -0.243. The first-order chi connectivity index (χ1) is 16.1. The van der Waals surface area contributed by atoms with E-state index >= 15 is 0 Å². The molecule has 1 saturated heterocycles. The van der Waals surface area contributed by atoms with Crippen molar-refractivity contribution >= 4 is 23.3 Å². The van der Waals surface area contributed by atoms with Gasteiger partial charge in [-0.2, -0.15) is 13.2 Å². The lowest BCUT2D eigenvalue weighted by molar-refractivity contribution is -0.150. The van der Waals surface area contributed by atoms with Gasteiger partial charge in [0.25, 0.3) is 11.8 Å². The number of hydrogen-bond donors (Lipinski definition) is 3. The number of carbonyl (C=O) groups is 2. The summed E-state index contributed by atoms with van der Waals surface area (Å²) in [5.74, 6) is -2.72. The number of alkyl halides is 3. The largest absolute Gasteiger partial charge is 0.439 e. The van der Waals surface area contributed by atoms with Crippen LogP contribution >= 0.6 is 0 Å². The first-order valence-electron chi connectivity index (χ1n) is 9.76. The zero-order valence-electron chi connectivity index (χ0n) is 17.1. The molecule has 1 aromatic carbocycles. The van der Waals surface area contributed by atoms with Crippen LogP contribution in [0.4, 0.5) is 24.7 Å². The van der Waals surface area contributed by atoms with Crippen LogP contribution in [0.25, 0.3) is 11.4 Å². The third kappa shape index (κ3) is 4.82. The van der Waals surface area contributed by atoms with Crippen LogP contribution in [0.5, 0.6) is 0 Å². The number of aliphatic hydroxyl groups excluding tert-OH is 1. The van der Waals surface area contributed by atoms with Gasteiger partial charge in [-0.15, -0.1) is 0 Å². The molecule has 0 spiro atoms. The SMILES string of the molecule is O=C(Nc1ccc(-c2noc(=O)[nH]2)cc1)C(O)C1OCCN(c2cccc(C(F)(F)F)n2)C1=O. The van der Waals surface area contributed by atoms with Crippen molar-refractivity contribution in [3.63, 3.8) is 0 Å². The Balaban J connectivity index is 1.45. The smallest absolute Gasteiger partial charge is 0.380 e. The molecule has 2 amide bonds. The molecule has 2 aromatic heterocycles. The predicted octanol–water partition coefficient (Wildman–Crippen LogP) is 1.18. The highest BCUT2D eigenvalue weighted by Gasteiger charge is 2.40. The van der Waals surface area contributed by atoms with Crippen LogP contribution in [0, 0.1) is 0 Å². The molecule has 2 unspecified atom stereocenters. The molecule has 1 aliphatic heterocycles. The topological polar surface area (TPSA) is 151 Å². The van der Waals surface area contributed by atoms with E-state index in [1.807, 2.05) is 0 Å². The molecular formula is C20H16F3N5O6. The van der Waals surface area contributed by atoms with Crippen LogP contribution in [0.2, 0.25) is 0 Å². The van der Waals surface area contributed by atoms with Crippen LogP contribution in [0.3, 0.4) is 0 Å². The first kappa shape index (κ1) is 23.1. The van der Waals surface area contributed by atoms with E-state index in [-0.39, 0.29) is 30.5 Å². The highest BCUT2D eigenvalue weighted by atomic mass is 19.4. The van der Waals surface area contributed by atoms with Crippen LogP contribution in [0.15, 0.2) is 51.8 Å². The molecule has 3 aromatic rings. The van der Waals surface area contributed by atoms with Crippen molar-refractivity contribution in [3.05, 3.63) is 58.7 Å². The van der Waals surface area contributed by atoms with Crippen LogP contribution in [-0.4, -0.2) is 57.4 Å². The summed E-state index contributed by atoms with van der Waals surface area (Å²) in [6, 6.07) is 9.01. The lowest BCUT2D eigenvalue weighted by Gasteiger charge is -2.33. The number of rotatable bonds is 5.